The molecule has 0 fully saturated rings. The number of ketones is 1. The Labute approximate surface area is 126 Å². The van der Waals surface area contributed by atoms with Gasteiger partial charge in [-0.2, -0.15) is 0 Å². The zero-order valence-corrected chi connectivity index (χ0v) is 12.3. The van der Waals surface area contributed by atoms with Crippen molar-refractivity contribution >= 4 is 28.2 Å². The van der Waals surface area contributed by atoms with Crippen molar-refractivity contribution in [3.8, 4) is 0 Å². The minimum Gasteiger partial charge on any atom is -0.307 e. The van der Waals surface area contributed by atoms with Crippen molar-refractivity contribution in [2.75, 3.05) is 0 Å². The fourth-order valence-electron chi connectivity index (χ4n) is 2.43. The molecule has 0 aliphatic heterocycles. The van der Waals surface area contributed by atoms with E-state index < -0.39 is 0 Å². The van der Waals surface area contributed by atoms with E-state index in [4.69, 9.17) is 5.41 Å². The minimum atomic E-state index is 0.0324. The zero-order chi connectivity index (χ0) is 14.8. The van der Waals surface area contributed by atoms with Crippen molar-refractivity contribution in [3.05, 3.63) is 64.9 Å². The van der Waals surface area contributed by atoms with E-state index in [1.54, 1.807) is 10.6 Å². The number of hydrogen-bond acceptors (Lipinski definition) is 3. The Balaban J connectivity index is 2.10. The minimum absolute atomic E-state index is 0.0324. The third-order valence-electron chi connectivity index (χ3n) is 3.38. The average molecular weight is 297 g/mol. The molecule has 2 heterocycles. The maximum Gasteiger partial charge on any atom is 0.203 e. The molecule has 2 aromatic heterocycles. The van der Waals surface area contributed by atoms with Crippen LogP contribution in [0.4, 0.5) is 0 Å². The smallest absolute Gasteiger partial charge is 0.203 e. The zero-order valence-electron chi connectivity index (χ0n) is 11.5. The summed E-state index contributed by atoms with van der Waals surface area (Å²) in [6, 6.07) is 11.4. The molecule has 0 atom stereocenters. The number of hydrogen-bond donors (Lipinski definition) is 1. The lowest BCUT2D eigenvalue weighted by molar-refractivity contribution is 0.0975. The van der Waals surface area contributed by atoms with Crippen LogP contribution in [-0.4, -0.2) is 14.9 Å². The van der Waals surface area contributed by atoms with Gasteiger partial charge < -0.3 is 9.13 Å². The van der Waals surface area contributed by atoms with E-state index in [0.29, 0.717) is 12.2 Å². The monoisotopic (exact) mass is 297 g/mol. The molecule has 3 rings (SSSR count). The van der Waals surface area contributed by atoms with Crippen LogP contribution in [0, 0.1) is 5.41 Å². The molecule has 0 unspecified atom stereocenters. The Morgan fingerprint density at radius 2 is 1.90 bits per heavy atom. The molecule has 0 aliphatic rings. The standard InChI is InChI=1S/C16H15N3OS/c1-2-9-18-12-6-3-4-7-13(12)19(16(18)17)11-14(20)15-8-5-10-21-15/h2-8,10,17H,1,9,11H2. The van der Waals surface area contributed by atoms with Gasteiger partial charge >= 0.3 is 0 Å². The van der Waals surface area contributed by atoms with Crippen LogP contribution in [-0.2, 0) is 13.1 Å². The van der Waals surface area contributed by atoms with Gasteiger partial charge in [-0.25, -0.2) is 0 Å². The highest BCUT2D eigenvalue weighted by Gasteiger charge is 2.14. The quantitative estimate of drug-likeness (QED) is 0.571. The van der Waals surface area contributed by atoms with Gasteiger partial charge in [-0.05, 0) is 23.6 Å². The van der Waals surface area contributed by atoms with Crippen LogP contribution in [0.2, 0.25) is 0 Å². The molecule has 0 saturated heterocycles. The number of nitrogens with zero attached hydrogens (tertiary/aromatic N) is 2. The first-order valence-electron chi connectivity index (χ1n) is 6.62. The molecule has 0 bridgehead atoms. The summed E-state index contributed by atoms with van der Waals surface area (Å²) in [5, 5.41) is 10.2. The van der Waals surface area contributed by atoms with E-state index in [1.165, 1.54) is 11.3 Å². The number of rotatable bonds is 5. The normalized spacial score (nSPS) is 10.9. The Hall–Kier alpha value is -2.40. The molecule has 21 heavy (non-hydrogen) atoms. The molecule has 1 aromatic carbocycles. The molecule has 0 amide bonds. The second-order valence-electron chi connectivity index (χ2n) is 4.70. The summed E-state index contributed by atoms with van der Waals surface area (Å²) in [4.78, 5) is 13.0. The second-order valence-corrected chi connectivity index (χ2v) is 5.65. The first-order valence-corrected chi connectivity index (χ1v) is 7.50. The van der Waals surface area contributed by atoms with Crippen LogP contribution >= 0.6 is 11.3 Å². The SMILES string of the molecule is C=CCn1c(=N)n(CC(=O)c2cccs2)c2ccccc21. The summed E-state index contributed by atoms with van der Waals surface area (Å²) >= 11 is 1.43. The summed E-state index contributed by atoms with van der Waals surface area (Å²) in [5.41, 5.74) is 2.16. The summed E-state index contributed by atoms with van der Waals surface area (Å²) in [7, 11) is 0. The number of fused-ring (bicyclic) bond motifs is 1. The molecular weight excluding hydrogens is 282 g/mol. The van der Waals surface area contributed by atoms with Crippen molar-refractivity contribution in [2.45, 2.75) is 13.1 Å². The van der Waals surface area contributed by atoms with Gasteiger partial charge in [0.2, 0.25) is 5.62 Å². The van der Waals surface area contributed by atoms with Crippen LogP contribution in [0.25, 0.3) is 11.0 Å². The average Bonchev–Trinajstić information content (AvgIpc) is 3.11. The molecule has 3 aromatic rings. The molecule has 5 heteroatoms. The van der Waals surface area contributed by atoms with E-state index in [0.717, 1.165) is 15.9 Å². The van der Waals surface area contributed by atoms with Crippen molar-refractivity contribution in [1.82, 2.24) is 9.13 Å². The van der Waals surface area contributed by atoms with Crippen molar-refractivity contribution in [1.29, 1.82) is 5.41 Å². The van der Waals surface area contributed by atoms with Crippen molar-refractivity contribution in [3.63, 3.8) is 0 Å². The van der Waals surface area contributed by atoms with E-state index in [9.17, 15) is 4.79 Å². The number of nitrogens with one attached hydrogen (secondary N) is 1. The topological polar surface area (TPSA) is 50.8 Å². The van der Waals surface area contributed by atoms with E-state index in [2.05, 4.69) is 6.58 Å². The highest BCUT2D eigenvalue weighted by molar-refractivity contribution is 7.12. The lowest BCUT2D eigenvalue weighted by atomic mass is 10.3. The van der Waals surface area contributed by atoms with Crippen LogP contribution in [0.1, 0.15) is 9.67 Å². The number of Topliss-reactive ketones (excluding diaryl/α,β-unsaturated/α-hetero) is 1. The van der Waals surface area contributed by atoms with Crippen LogP contribution in [0.3, 0.4) is 0 Å². The Bertz CT molecular complexity index is 855. The molecule has 0 spiro atoms. The molecule has 0 saturated carbocycles. The number of thiophene rings is 1. The molecule has 0 aliphatic carbocycles. The van der Waals surface area contributed by atoms with Gasteiger partial charge in [0, 0.05) is 6.54 Å². The number of carbonyl (C=O) groups excluding carboxylic acids is 1. The van der Waals surface area contributed by atoms with Crippen LogP contribution in [0.15, 0.2) is 54.4 Å². The van der Waals surface area contributed by atoms with Gasteiger partial charge in [0.25, 0.3) is 0 Å². The molecule has 1 N–H and O–H groups in total. The molecule has 4 nitrogen and oxygen atoms in total. The Morgan fingerprint density at radius 1 is 1.19 bits per heavy atom. The number of imidazole rings is 1. The van der Waals surface area contributed by atoms with E-state index in [-0.39, 0.29) is 12.3 Å². The maximum atomic E-state index is 12.3. The summed E-state index contributed by atoms with van der Waals surface area (Å²) < 4.78 is 3.60. The largest absolute Gasteiger partial charge is 0.307 e. The summed E-state index contributed by atoms with van der Waals surface area (Å²) in [6.45, 7) is 4.48. The number of allylic oxidation sites excluding steroid dienone is 1. The Morgan fingerprint density at radius 3 is 2.52 bits per heavy atom. The number of para-hydroxylation sites is 2. The van der Waals surface area contributed by atoms with Gasteiger partial charge in [0.1, 0.15) is 0 Å². The summed E-state index contributed by atoms with van der Waals surface area (Å²) in [5.74, 6) is 0.0324. The van der Waals surface area contributed by atoms with Gasteiger partial charge in [-0.15, -0.1) is 17.9 Å². The van der Waals surface area contributed by atoms with Gasteiger partial charge in [0.05, 0.1) is 22.5 Å². The lowest BCUT2D eigenvalue weighted by Crippen LogP contribution is -2.26. The summed E-state index contributed by atoms with van der Waals surface area (Å²) in [6.07, 6.45) is 1.76. The van der Waals surface area contributed by atoms with Gasteiger partial charge in [0.15, 0.2) is 5.78 Å². The molecular formula is C16H15N3OS. The van der Waals surface area contributed by atoms with Crippen molar-refractivity contribution in [2.24, 2.45) is 0 Å². The first kappa shape index (κ1) is 13.6. The van der Waals surface area contributed by atoms with E-state index in [1.807, 2.05) is 46.3 Å². The highest BCUT2D eigenvalue weighted by atomic mass is 32.1. The predicted octanol–water partition coefficient (Wildman–Crippen LogP) is 3.05. The predicted molar refractivity (Wildman–Crippen MR) is 84.6 cm³/mol. The third kappa shape index (κ3) is 2.36. The molecule has 106 valence electrons. The first-order chi connectivity index (χ1) is 10.2. The number of aromatic nitrogens is 2. The number of carbonyl (C=O) groups is 1. The van der Waals surface area contributed by atoms with E-state index >= 15 is 0 Å². The van der Waals surface area contributed by atoms with Gasteiger partial charge in [-0.3, -0.25) is 10.2 Å². The number of benzene rings is 1. The van der Waals surface area contributed by atoms with Gasteiger partial charge in [-0.1, -0.05) is 24.3 Å². The third-order valence-corrected chi connectivity index (χ3v) is 4.29. The van der Waals surface area contributed by atoms with Crippen molar-refractivity contribution < 1.29 is 4.79 Å². The highest BCUT2D eigenvalue weighted by Crippen LogP contribution is 2.15. The van der Waals surface area contributed by atoms with Crippen LogP contribution in [0.5, 0.6) is 0 Å². The second kappa shape index (κ2) is 5.54. The lowest BCUT2D eigenvalue weighted by Gasteiger charge is -2.02. The fourth-order valence-corrected chi connectivity index (χ4v) is 3.08. The Kier molecular flexibility index (Phi) is 3.58. The fraction of sp³-hybridized carbons (Fsp3) is 0.125. The van der Waals surface area contributed by atoms with Crippen LogP contribution < -0.4 is 5.62 Å². The molecule has 0 radical (unpaired) electrons. The maximum absolute atomic E-state index is 12.3.